The Morgan fingerprint density at radius 3 is 2.95 bits per heavy atom. The van der Waals surface area contributed by atoms with Crippen molar-refractivity contribution in [2.24, 2.45) is 0 Å². The molecule has 0 radical (unpaired) electrons. The van der Waals surface area contributed by atoms with Gasteiger partial charge in [0.1, 0.15) is 15.5 Å². The third kappa shape index (κ3) is 2.67. The molecule has 0 aromatic carbocycles. The van der Waals surface area contributed by atoms with E-state index in [4.69, 9.17) is 10.3 Å². The van der Waals surface area contributed by atoms with E-state index in [1.807, 2.05) is 12.1 Å². The van der Waals surface area contributed by atoms with E-state index in [1.165, 1.54) is 11.3 Å². The number of rotatable bonds is 4. The van der Waals surface area contributed by atoms with E-state index < -0.39 is 0 Å². The van der Waals surface area contributed by atoms with Gasteiger partial charge >= 0.3 is 0 Å². The van der Waals surface area contributed by atoms with Crippen LogP contribution in [0, 0.1) is 6.92 Å². The molecule has 7 heteroatoms. The summed E-state index contributed by atoms with van der Waals surface area (Å²) < 4.78 is 4.93. The number of carbonyl (C=O) groups excluding carboxylic acids is 1. The van der Waals surface area contributed by atoms with Gasteiger partial charge in [-0.15, -0.1) is 11.3 Å². The van der Waals surface area contributed by atoms with E-state index in [9.17, 15) is 4.79 Å². The van der Waals surface area contributed by atoms with Gasteiger partial charge in [-0.25, -0.2) is 4.98 Å². The summed E-state index contributed by atoms with van der Waals surface area (Å²) in [6.07, 6.45) is 1.94. The van der Waals surface area contributed by atoms with Crippen molar-refractivity contribution in [3.05, 3.63) is 34.5 Å². The molecule has 0 aliphatic rings. The summed E-state index contributed by atoms with van der Waals surface area (Å²) in [5.41, 5.74) is 7.55. The molecule has 0 unspecified atom stereocenters. The van der Waals surface area contributed by atoms with Crippen molar-refractivity contribution in [1.29, 1.82) is 0 Å². The second kappa shape index (κ2) is 5.76. The fourth-order valence-corrected chi connectivity index (χ4v) is 3.21. The smallest absolute Gasteiger partial charge is 0.269 e. The molecule has 0 aliphatic carbocycles. The molecule has 0 spiro atoms. The van der Waals surface area contributed by atoms with E-state index in [1.54, 1.807) is 13.0 Å². The van der Waals surface area contributed by atoms with Gasteiger partial charge < -0.3 is 15.6 Å². The molecule has 114 valence electrons. The molecule has 0 fully saturated rings. The summed E-state index contributed by atoms with van der Waals surface area (Å²) in [4.78, 5) is 18.1. The first-order valence-corrected chi connectivity index (χ1v) is 7.82. The summed E-state index contributed by atoms with van der Waals surface area (Å²) in [5, 5.41) is 7.24. The molecule has 0 saturated heterocycles. The van der Waals surface area contributed by atoms with Crippen LogP contribution in [0.5, 0.6) is 0 Å². The van der Waals surface area contributed by atoms with E-state index in [2.05, 4.69) is 22.4 Å². The zero-order valence-electron chi connectivity index (χ0n) is 12.3. The SMILES string of the molecule is CCCc1ccc2c(N)c(C(=O)Nc3cc(C)on3)sc2n1. The Balaban J connectivity index is 1.92. The number of aromatic nitrogens is 2. The maximum atomic E-state index is 12.3. The lowest BCUT2D eigenvalue weighted by atomic mass is 10.2. The molecule has 6 nitrogen and oxygen atoms in total. The highest BCUT2D eigenvalue weighted by Gasteiger charge is 2.18. The number of pyridine rings is 1. The fourth-order valence-electron chi connectivity index (χ4n) is 2.20. The summed E-state index contributed by atoms with van der Waals surface area (Å²) in [7, 11) is 0. The molecule has 3 aromatic rings. The standard InChI is InChI=1S/C15H16N4O2S/c1-3-4-9-5-6-10-12(16)13(22-15(10)17-9)14(20)18-11-7-8(2)21-19-11/h5-7H,3-4,16H2,1-2H3,(H,18,19,20). The van der Waals surface area contributed by atoms with Gasteiger partial charge in [0, 0.05) is 17.1 Å². The van der Waals surface area contributed by atoms with Crippen molar-refractivity contribution >= 4 is 39.0 Å². The Kier molecular flexibility index (Phi) is 3.81. The van der Waals surface area contributed by atoms with Crippen molar-refractivity contribution in [3.8, 4) is 0 Å². The third-order valence-electron chi connectivity index (χ3n) is 3.23. The van der Waals surface area contributed by atoms with Crippen molar-refractivity contribution in [2.45, 2.75) is 26.7 Å². The summed E-state index contributed by atoms with van der Waals surface area (Å²) in [6.45, 7) is 3.86. The van der Waals surface area contributed by atoms with Crippen LogP contribution in [0.2, 0.25) is 0 Å². The topological polar surface area (TPSA) is 94.0 Å². The normalized spacial score (nSPS) is 11.0. The molecule has 3 N–H and O–H groups in total. The second-order valence-corrected chi connectivity index (χ2v) is 6.03. The fraction of sp³-hybridized carbons (Fsp3) is 0.267. The molecule has 22 heavy (non-hydrogen) atoms. The van der Waals surface area contributed by atoms with Crippen LogP contribution in [0.4, 0.5) is 11.5 Å². The molecule has 3 rings (SSSR count). The molecular formula is C15H16N4O2S. The van der Waals surface area contributed by atoms with Gasteiger partial charge in [-0.1, -0.05) is 18.5 Å². The minimum atomic E-state index is -0.300. The Morgan fingerprint density at radius 1 is 1.45 bits per heavy atom. The van der Waals surface area contributed by atoms with Crippen LogP contribution < -0.4 is 11.1 Å². The number of fused-ring (bicyclic) bond motifs is 1. The third-order valence-corrected chi connectivity index (χ3v) is 4.35. The van der Waals surface area contributed by atoms with Gasteiger partial charge in [-0.3, -0.25) is 4.79 Å². The average molecular weight is 316 g/mol. The maximum Gasteiger partial charge on any atom is 0.269 e. The lowest BCUT2D eigenvalue weighted by molar-refractivity contribution is 0.103. The molecule has 1 amide bonds. The first-order chi connectivity index (χ1) is 10.6. The number of aryl methyl sites for hydroxylation is 2. The van der Waals surface area contributed by atoms with Crippen LogP contribution in [0.15, 0.2) is 22.7 Å². The van der Waals surface area contributed by atoms with Crippen LogP contribution in [0.3, 0.4) is 0 Å². The molecule has 0 atom stereocenters. The number of nitrogens with two attached hydrogens (primary N) is 1. The second-order valence-electron chi connectivity index (χ2n) is 5.03. The Morgan fingerprint density at radius 2 is 2.27 bits per heavy atom. The molecule has 3 aromatic heterocycles. The number of nitrogens with one attached hydrogen (secondary N) is 1. The Bertz CT molecular complexity index is 837. The number of anilines is 2. The zero-order chi connectivity index (χ0) is 15.7. The van der Waals surface area contributed by atoms with Crippen LogP contribution in [-0.4, -0.2) is 16.0 Å². The number of nitrogen functional groups attached to an aromatic ring is 1. The summed E-state index contributed by atoms with van der Waals surface area (Å²) >= 11 is 1.29. The van der Waals surface area contributed by atoms with Crippen LogP contribution in [-0.2, 0) is 6.42 Å². The van der Waals surface area contributed by atoms with Gasteiger partial charge in [0.25, 0.3) is 5.91 Å². The van der Waals surface area contributed by atoms with Gasteiger partial charge in [0.05, 0.1) is 5.69 Å². The molecule has 3 heterocycles. The summed E-state index contributed by atoms with van der Waals surface area (Å²) in [6, 6.07) is 5.53. The highest BCUT2D eigenvalue weighted by molar-refractivity contribution is 7.21. The van der Waals surface area contributed by atoms with Crippen molar-refractivity contribution in [1.82, 2.24) is 10.1 Å². The lowest BCUT2D eigenvalue weighted by Gasteiger charge is -1.99. The molecule has 0 saturated carbocycles. The van der Waals surface area contributed by atoms with E-state index in [0.29, 0.717) is 22.1 Å². The summed E-state index contributed by atoms with van der Waals surface area (Å²) in [5.74, 6) is 0.704. The monoisotopic (exact) mass is 316 g/mol. The van der Waals surface area contributed by atoms with Crippen LogP contribution >= 0.6 is 11.3 Å². The highest BCUT2D eigenvalue weighted by atomic mass is 32.1. The van der Waals surface area contributed by atoms with E-state index in [0.717, 1.165) is 28.8 Å². The Labute approximate surface area is 131 Å². The van der Waals surface area contributed by atoms with Crippen molar-refractivity contribution in [3.63, 3.8) is 0 Å². The molecule has 0 bridgehead atoms. The average Bonchev–Trinajstić information content (AvgIpc) is 3.03. The number of carbonyl (C=O) groups is 1. The maximum absolute atomic E-state index is 12.3. The first kappa shape index (κ1) is 14.5. The quantitative estimate of drug-likeness (QED) is 0.769. The number of hydrogen-bond donors (Lipinski definition) is 2. The number of hydrogen-bond acceptors (Lipinski definition) is 6. The van der Waals surface area contributed by atoms with Crippen molar-refractivity contribution in [2.75, 3.05) is 11.1 Å². The lowest BCUT2D eigenvalue weighted by Crippen LogP contribution is -2.12. The van der Waals surface area contributed by atoms with Gasteiger partial charge in [0.15, 0.2) is 5.82 Å². The van der Waals surface area contributed by atoms with Crippen LogP contribution in [0.25, 0.3) is 10.2 Å². The van der Waals surface area contributed by atoms with E-state index >= 15 is 0 Å². The highest BCUT2D eigenvalue weighted by Crippen LogP contribution is 2.33. The minimum Gasteiger partial charge on any atom is -0.397 e. The largest absolute Gasteiger partial charge is 0.397 e. The number of amides is 1. The van der Waals surface area contributed by atoms with Gasteiger partial charge in [-0.2, -0.15) is 0 Å². The minimum absolute atomic E-state index is 0.300. The number of nitrogens with zero attached hydrogens (tertiary/aromatic N) is 2. The first-order valence-electron chi connectivity index (χ1n) is 7.01. The van der Waals surface area contributed by atoms with E-state index in [-0.39, 0.29) is 5.91 Å². The predicted molar refractivity (Wildman–Crippen MR) is 87.2 cm³/mol. The molecular weight excluding hydrogens is 300 g/mol. The van der Waals surface area contributed by atoms with Crippen LogP contribution in [0.1, 0.15) is 34.5 Å². The van der Waals surface area contributed by atoms with Gasteiger partial charge in [-0.05, 0) is 25.5 Å². The zero-order valence-corrected chi connectivity index (χ0v) is 13.2. The number of thiophene rings is 1. The molecule has 0 aliphatic heterocycles. The Hall–Kier alpha value is -2.41. The van der Waals surface area contributed by atoms with Crippen molar-refractivity contribution < 1.29 is 9.32 Å². The van der Waals surface area contributed by atoms with Gasteiger partial charge in [0.2, 0.25) is 0 Å². The predicted octanol–water partition coefficient (Wildman–Crippen LogP) is 3.38.